The first kappa shape index (κ1) is 33.7. The highest BCUT2D eigenvalue weighted by Gasteiger charge is 2.22. The van der Waals surface area contributed by atoms with Gasteiger partial charge in [-0.1, -0.05) is 84.9 Å². The van der Waals surface area contributed by atoms with Gasteiger partial charge in [-0.05, 0) is 88.6 Å². The molecule has 12 rings (SSSR count). The highest BCUT2D eigenvalue weighted by Crippen LogP contribution is 2.43. The quantitative estimate of drug-likeness (QED) is 0.160. The second-order valence-corrected chi connectivity index (χ2v) is 14.8. The van der Waals surface area contributed by atoms with Gasteiger partial charge < -0.3 is 0 Å². The van der Waals surface area contributed by atoms with Crippen LogP contribution in [0.15, 0.2) is 183 Å². The van der Waals surface area contributed by atoms with Crippen LogP contribution in [-0.4, -0.2) is 39.9 Å². The minimum absolute atomic E-state index is 0.526. The number of pyridine rings is 5. The SMILES string of the molecule is c1ccc(-c2nc(-c3cc(-c4c5cccnc5cc5cccnc45)cc(-c4c5cccnc5cc5cccnc45)c3)nc(-c3c4ccccc4cc4ncccc34)n2)cc1. The number of nitrogens with zero attached hydrogens (tertiary/aromatic N) is 8. The Morgan fingerprint density at radius 1 is 0.267 bits per heavy atom. The van der Waals surface area contributed by atoms with Crippen molar-refractivity contribution in [2.24, 2.45) is 0 Å². The Morgan fingerprint density at radius 2 is 0.683 bits per heavy atom. The third-order valence-corrected chi connectivity index (χ3v) is 11.2. The van der Waals surface area contributed by atoms with Gasteiger partial charge in [-0.25, -0.2) is 15.0 Å². The number of benzene rings is 6. The average Bonchev–Trinajstić information content (AvgIpc) is 3.31. The molecule has 8 heteroatoms. The molecule has 0 unspecified atom stereocenters. The largest absolute Gasteiger partial charge is 0.256 e. The third-order valence-electron chi connectivity index (χ3n) is 11.2. The maximum atomic E-state index is 5.41. The predicted octanol–water partition coefficient (Wildman–Crippen LogP) is 12.1. The lowest BCUT2D eigenvalue weighted by Crippen LogP contribution is -2.02. The molecule has 8 nitrogen and oxygen atoms in total. The van der Waals surface area contributed by atoms with Crippen molar-refractivity contribution in [2.75, 3.05) is 0 Å². The molecule has 278 valence electrons. The highest BCUT2D eigenvalue weighted by molar-refractivity contribution is 6.14. The van der Waals surface area contributed by atoms with Gasteiger partial charge in [0.25, 0.3) is 0 Å². The van der Waals surface area contributed by atoms with Crippen LogP contribution in [0.1, 0.15) is 0 Å². The lowest BCUT2D eigenvalue weighted by atomic mass is 9.90. The Morgan fingerprint density at radius 3 is 1.28 bits per heavy atom. The summed E-state index contributed by atoms with van der Waals surface area (Å²) < 4.78 is 0. The van der Waals surface area contributed by atoms with Gasteiger partial charge in [-0.15, -0.1) is 0 Å². The molecule has 12 aromatic rings. The van der Waals surface area contributed by atoms with Crippen molar-refractivity contribution in [2.45, 2.75) is 0 Å². The summed E-state index contributed by atoms with van der Waals surface area (Å²) in [6.45, 7) is 0. The Bertz CT molecular complexity index is 3380. The second kappa shape index (κ2) is 13.6. The summed E-state index contributed by atoms with van der Waals surface area (Å²) in [6, 6.07) is 51.7. The number of aromatic nitrogens is 8. The average molecular weight is 767 g/mol. The summed E-state index contributed by atoms with van der Waals surface area (Å²) in [6.07, 6.45) is 9.19. The molecule has 0 bridgehead atoms. The van der Waals surface area contributed by atoms with Crippen LogP contribution in [0.25, 0.3) is 122 Å². The molecule has 0 fully saturated rings. The Balaban J connectivity index is 1.22. The van der Waals surface area contributed by atoms with Gasteiger partial charge in [0.05, 0.1) is 27.6 Å². The summed E-state index contributed by atoms with van der Waals surface area (Å²) in [4.78, 5) is 40.3. The molecule has 6 aromatic heterocycles. The van der Waals surface area contributed by atoms with Crippen LogP contribution in [-0.2, 0) is 0 Å². The van der Waals surface area contributed by atoms with Crippen LogP contribution in [0.3, 0.4) is 0 Å². The van der Waals surface area contributed by atoms with Gasteiger partial charge in [0.1, 0.15) is 0 Å². The van der Waals surface area contributed by atoms with Gasteiger partial charge in [-0.2, -0.15) is 0 Å². The summed E-state index contributed by atoms with van der Waals surface area (Å²) in [7, 11) is 0. The van der Waals surface area contributed by atoms with Gasteiger partial charge >= 0.3 is 0 Å². The molecule has 6 heterocycles. The standard InChI is InChI=1S/C52H30N8/c1-2-11-31(12-3-1)50-58-51(60-52(59-50)47-38-16-5-4-13-32(38)28-42-41(47)19-10-22-53-42)37-26-35(45-39-17-8-20-54-43(39)29-33-14-6-23-56-48(33)45)25-36(27-37)46-40-18-9-21-55-44(40)30-34-15-7-24-57-49(34)46/h1-30H. The number of hydrogen-bond donors (Lipinski definition) is 0. The summed E-state index contributed by atoms with van der Waals surface area (Å²) in [5.41, 5.74) is 10.8. The first-order valence-corrected chi connectivity index (χ1v) is 19.7. The van der Waals surface area contributed by atoms with E-state index in [0.717, 1.165) is 104 Å². The molecule has 0 saturated carbocycles. The fourth-order valence-electron chi connectivity index (χ4n) is 8.61. The van der Waals surface area contributed by atoms with Crippen molar-refractivity contribution in [1.29, 1.82) is 0 Å². The highest BCUT2D eigenvalue weighted by atomic mass is 15.0. The van der Waals surface area contributed by atoms with Crippen LogP contribution in [0, 0.1) is 0 Å². The van der Waals surface area contributed by atoms with Crippen molar-refractivity contribution in [3.8, 4) is 56.4 Å². The smallest absolute Gasteiger partial charge is 0.165 e. The monoisotopic (exact) mass is 766 g/mol. The predicted molar refractivity (Wildman–Crippen MR) is 241 cm³/mol. The van der Waals surface area contributed by atoms with Crippen LogP contribution >= 0.6 is 0 Å². The van der Waals surface area contributed by atoms with Crippen molar-refractivity contribution in [3.63, 3.8) is 0 Å². The lowest BCUT2D eigenvalue weighted by molar-refractivity contribution is 1.08. The first-order chi connectivity index (χ1) is 29.7. The molecular weight excluding hydrogens is 737 g/mol. The zero-order chi connectivity index (χ0) is 39.6. The molecular formula is C52H30N8. The van der Waals surface area contributed by atoms with E-state index in [4.69, 9.17) is 39.9 Å². The van der Waals surface area contributed by atoms with E-state index in [0.29, 0.717) is 17.5 Å². The Labute approximate surface area is 343 Å². The molecule has 6 aromatic carbocycles. The van der Waals surface area contributed by atoms with Gasteiger partial charge in [0.15, 0.2) is 17.5 Å². The molecule has 0 N–H and O–H groups in total. The molecule has 0 radical (unpaired) electrons. The van der Waals surface area contributed by atoms with Gasteiger partial charge in [-0.3, -0.25) is 24.9 Å². The number of hydrogen-bond acceptors (Lipinski definition) is 8. The molecule has 0 aliphatic carbocycles. The van der Waals surface area contributed by atoms with Crippen molar-refractivity contribution >= 4 is 65.3 Å². The van der Waals surface area contributed by atoms with Crippen LogP contribution < -0.4 is 0 Å². The lowest BCUT2D eigenvalue weighted by Gasteiger charge is -2.17. The molecule has 0 atom stereocenters. The Hall–Kier alpha value is -8.36. The molecule has 0 saturated heterocycles. The van der Waals surface area contributed by atoms with E-state index in [1.54, 1.807) is 0 Å². The molecule has 0 aliphatic heterocycles. The molecule has 0 spiro atoms. The van der Waals surface area contributed by atoms with E-state index < -0.39 is 0 Å². The van der Waals surface area contributed by atoms with Crippen LogP contribution in [0.4, 0.5) is 0 Å². The van der Waals surface area contributed by atoms with E-state index in [1.807, 2.05) is 97.7 Å². The maximum absolute atomic E-state index is 5.41. The number of rotatable bonds is 5. The summed E-state index contributed by atoms with van der Waals surface area (Å²) in [5, 5.41) is 7.03. The van der Waals surface area contributed by atoms with E-state index in [-0.39, 0.29) is 0 Å². The van der Waals surface area contributed by atoms with E-state index in [1.165, 1.54) is 0 Å². The zero-order valence-corrected chi connectivity index (χ0v) is 31.9. The number of fused-ring (bicyclic) bond motifs is 6. The molecule has 0 aliphatic rings. The minimum Gasteiger partial charge on any atom is -0.256 e. The fraction of sp³-hybridized carbons (Fsp3) is 0. The van der Waals surface area contributed by atoms with Crippen molar-refractivity contribution in [1.82, 2.24) is 39.9 Å². The minimum atomic E-state index is 0.526. The normalized spacial score (nSPS) is 11.7. The first-order valence-electron chi connectivity index (χ1n) is 19.7. The fourth-order valence-corrected chi connectivity index (χ4v) is 8.61. The van der Waals surface area contributed by atoms with Gasteiger partial charge in [0.2, 0.25) is 0 Å². The molecule has 60 heavy (non-hydrogen) atoms. The van der Waals surface area contributed by atoms with Crippen LogP contribution in [0.2, 0.25) is 0 Å². The van der Waals surface area contributed by atoms with Crippen molar-refractivity contribution in [3.05, 3.63) is 183 Å². The second-order valence-electron chi connectivity index (χ2n) is 14.8. The van der Waals surface area contributed by atoms with E-state index >= 15 is 0 Å². The van der Waals surface area contributed by atoms with Crippen LogP contribution in [0.5, 0.6) is 0 Å². The van der Waals surface area contributed by atoms with E-state index in [2.05, 4.69) is 84.9 Å². The summed E-state index contributed by atoms with van der Waals surface area (Å²) >= 11 is 0. The third kappa shape index (κ3) is 5.54. The topological polar surface area (TPSA) is 103 Å². The maximum Gasteiger partial charge on any atom is 0.165 e. The Kier molecular flexibility index (Phi) is 7.67. The summed E-state index contributed by atoms with van der Waals surface area (Å²) in [5.74, 6) is 1.65. The van der Waals surface area contributed by atoms with Gasteiger partial charge in [0, 0.05) is 85.7 Å². The van der Waals surface area contributed by atoms with E-state index in [9.17, 15) is 0 Å². The van der Waals surface area contributed by atoms with Crippen molar-refractivity contribution < 1.29 is 0 Å². The molecule has 0 amide bonds. The zero-order valence-electron chi connectivity index (χ0n) is 31.9.